The highest BCUT2D eigenvalue weighted by Crippen LogP contribution is 2.10. The Labute approximate surface area is 88.4 Å². The first-order valence-corrected chi connectivity index (χ1v) is 5.47. The van der Waals surface area contributed by atoms with Gasteiger partial charge in [0, 0.05) is 6.54 Å². The number of hydrogen-bond donors (Lipinski definition) is 1. The third-order valence-corrected chi connectivity index (χ3v) is 3.16. The van der Waals surface area contributed by atoms with E-state index in [-0.39, 0.29) is 6.04 Å². The molecule has 1 heterocycles. The van der Waals surface area contributed by atoms with Gasteiger partial charge in [0.25, 0.3) is 0 Å². The number of rotatable bonds is 4. The molecule has 4 heteroatoms. The molecule has 2 N–H and O–H groups in total. The zero-order valence-corrected chi connectivity index (χ0v) is 9.49. The van der Waals surface area contributed by atoms with Gasteiger partial charge in [0.2, 0.25) is 0 Å². The molecule has 0 aliphatic carbocycles. The average molecular weight is 214 g/mol. The molecule has 0 spiro atoms. The van der Waals surface area contributed by atoms with Gasteiger partial charge in [-0.15, -0.1) is 0 Å². The molecule has 0 fully saturated rings. The summed E-state index contributed by atoms with van der Waals surface area (Å²) >= 11 is 6.64. The van der Waals surface area contributed by atoms with Crippen LogP contribution in [0.5, 0.6) is 0 Å². The summed E-state index contributed by atoms with van der Waals surface area (Å²) in [7, 11) is 2.03. The fourth-order valence-electron chi connectivity index (χ4n) is 1.02. The highest BCUT2D eigenvalue weighted by Gasteiger charge is 2.11. The van der Waals surface area contributed by atoms with Gasteiger partial charge in [-0.3, -0.25) is 4.90 Å². The molecule has 2 nitrogen and oxygen atoms in total. The maximum absolute atomic E-state index is 5.56. The van der Waals surface area contributed by atoms with Crippen molar-refractivity contribution in [1.82, 2.24) is 4.90 Å². The highest BCUT2D eigenvalue weighted by molar-refractivity contribution is 7.80. The second kappa shape index (κ2) is 4.69. The minimum atomic E-state index is 0.162. The number of nitrogens with two attached hydrogens (primary N) is 1. The fourth-order valence-corrected chi connectivity index (χ4v) is 1.86. The first kappa shape index (κ1) is 10.6. The summed E-state index contributed by atoms with van der Waals surface area (Å²) in [5.74, 6) is 0. The van der Waals surface area contributed by atoms with Gasteiger partial charge in [0.15, 0.2) is 0 Å². The number of thiophene rings is 1. The van der Waals surface area contributed by atoms with Crippen LogP contribution in [0.3, 0.4) is 0 Å². The molecule has 13 heavy (non-hydrogen) atoms. The van der Waals surface area contributed by atoms with E-state index in [4.69, 9.17) is 18.0 Å². The summed E-state index contributed by atoms with van der Waals surface area (Å²) < 4.78 is 0. The van der Waals surface area contributed by atoms with Gasteiger partial charge in [-0.05, 0) is 36.4 Å². The molecular weight excluding hydrogens is 200 g/mol. The van der Waals surface area contributed by atoms with Crippen LogP contribution in [0, 0.1) is 0 Å². The Hall–Kier alpha value is -0.450. The molecule has 1 aromatic rings. The first-order chi connectivity index (χ1) is 6.11. The van der Waals surface area contributed by atoms with Crippen molar-refractivity contribution in [3.8, 4) is 0 Å². The second-order valence-corrected chi connectivity index (χ2v) is 4.38. The SMILES string of the molecule is CC(C(N)=S)N(C)Cc1ccsc1. The monoisotopic (exact) mass is 214 g/mol. The standard InChI is InChI=1S/C9H14N2S2/c1-7(9(10)12)11(2)5-8-3-4-13-6-8/h3-4,6-7H,5H2,1-2H3,(H2,10,12). The van der Waals surface area contributed by atoms with Crippen molar-refractivity contribution in [3.63, 3.8) is 0 Å². The normalized spacial score (nSPS) is 13.2. The molecule has 0 amide bonds. The largest absolute Gasteiger partial charge is 0.392 e. The van der Waals surface area contributed by atoms with Crippen LogP contribution in [0.25, 0.3) is 0 Å². The minimum absolute atomic E-state index is 0.162. The maximum atomic E-state index is 5.56. The van der Waals surface area contributed by atoms with Crippen molar-refractivity contribution in [1.29, 1.82) is 0 Å². The van der Waals surface area contributed by atoms with E-state index in [0.717, 1.165) is 6.54 Å². The molecule has 0 radical (unpaired) electrons. The van der Waals surface area contributed by atoms with Crippen LogP contribution in [0.15, 0.2) is 16.8 Å². The lowest BCUT2D eigenvalue weighted by atomic mass is 10.2. The van der Waals surface area contributed by atoms with Crippen molar-refractivity contribution in [2.45, 2.75) is 19.5 Å². The molecule has 0 saturated carbocycles. The fraction of sp³-hybridized carbons (Fsp3) is 0.444. The van der Waals surface area contributed by atoms with Crippen LogP contribution in [-0.2, 0) is 6.54 Å². The molecular formula is C9H14N2S2. The van der Waals surface area contributed by atoms with Gasteiger partial charge >= 0.3 is 0 Å². The summed E-state index contributed by atoms with van der Waals surface area (Å²) in [5, 5.41) is 4.22. The van der Waals surface area contributed by atoms with Crippen LogP contribution >= 0.6 is 23.6 Å². The lowest BCUT2D eigenvalue weighted by Gasteiger charge is -2.22. The van der Waals surface area contributed by atoms with Gasteiger partial charge in [-0.1, -0.05) is 12.2 Å². The van der Waals surface area contributed by atoms with Crippen LogP contribution in [0.1, 0.15) is 12.5 Å². The molecule has 1 unspecified atom stereocenters. The summed E-state index contributed by atoms with van der Waals surface area (Å²) in [6.45, 7) is 2.93. The third kappa shape index (κ3) is 3.06. The van der Waals surface area contributed by atoms with E-state index >= 15 is 0 Å². The second-order valence-electron chi connectivity index (χ2n) is 3.13. The van der Waals surface area contributed by atoms with E-state index in [1.54, 1.807) is 11.3 Å². The molecule has 0 aliphatic heterocycles. The Morgan fingerprint density at radius 3 is 2.92 bits per heavy atom. The van der Waals surface area contributed by atoms with Gasteiger partial charge in [-0.2, -0.15) is 11.3 Å². The Morgan fingerprint density at radius 1 is 1.77 bits per heavy atom. The third-order valence-electron chi connectivity index (χ3n) is 2.08. The maximum Gasteiger partial charge on any atom is 0.0899 e. The Balaban J connectivity index is 2.50. The van der Waals surface area contributed by atoms with Crippen molar-refractivity contribution >= 4 is 28.5 Å². The Kier molecular flexibility index (Phi) is 3.84. The topological polar surface area (TPSA) is 29.3 Å². The number of hydrogen-bond acceptors (Lipinski definition) is 3. The zero-order chi connectivity index (χ0) is 9.84. The van der Waals surface area contributed by atoms with E-state index in [0.29, 0.717) is 4.99 Å². The molecule has 1 atom stereocenters. The summed E-state index contributed by atoms with van der Waals surface area (Å²) in [6.07, 6.45) is 0. The van der Waals surface area contributed by atoms with Gasteiger partial charge in [-0.25, -0.2) is 0 Å². The lowest BCUT2D eigenvalue weighted by molar-refractivity contribution is 0.304. The van der Waals surface area contributed by atoms with Crippen molar-refractivity contribution in [3.05, 3.63) is 22.4 Å². The summed E-state index contributed by atoms with van der Waals surface area (Å²) in [4.78, 5) is 2.70. The van der Waals surface area contributed by atoms with E-state index in [1.165, 1.54) is 5.56 Å². The molecule has 1 aromatic heterocycles. The smallest absolute Gasteiger partial charge is 0.0899 e. The quantitative estimate of drug-likeness (QED) is 0.776. The van der Waals surface area contributed by atoms with E-state index < -0.39 is 0 Å². The first-order valence-electron chi connectivity index (χ1n) is 4.12. The Bertz CT molecular complexity index is 269. The van der Waals surface area contributed by atoms with E-state index in [2.05, 4.69) is 21.7 Å². The highest BCUT2D eigenvalue weighted by atomic mass is 32.1. The molecule has 0 aliphatic rings. The number of thiocarbonyl (C=S) groups is 1. The lowest BCUT2D eigenvalue weighted by Crippen LogP contribution is -2.38. The van der Waals surface area contributed by atoms with Gasteiger partial charge in [0.1, 0.15) is 0 Å². The van der Waals surface area contributed by atoms with Gasteiger partial charge in [0.05, 0.1) is 11.0 Å². The minimum Gasteiger partial charge on any atom is -0.392 e. The van der Waals surface area contributed by atoms with E-state index in [9.17, 15) is 0 Å². The number of nitrogens with zero attached hydrogens (tertiary/aromatic N) is 1. The van der Waals surface area contributed by atoms with Crippen LogP contribution in [0.4, 0.5) is 0 Å². The van der Waals surface area contributed by atoms with Crippen LogP contribution < -0.4 is 5.73 Å². The summed E-state index contributed by atoms with van der Waals surface area (Å²) in [5.41, 5.74) is 6.87. The predicted octanol–water partition coefficient (Wildman–Crippen LogP) is 1.85. The van der Waals surface area contributed by atoms with Crippen LogP contribution in [0.2, 0.25) is 0 Å². The molecule has 1 rings (SSSR count). The van der Waals surface area contributed by atoms with E-state index in [1.807, 2.05) is 14.0 Å². The zero-order valence-electron chi connectivity index (χ0n) is 7.86. The predicted molar refractivity (Wildman–Crippen MR) is 62.0 cm³/mol. The van der Waals surface area contributed by atoms with Crippen molar-refractivity contribution in [2.24, 2.45) is 5.73 Å². The number of likely N-dealkylation sites (N-methyl/N-ethyl adjacent to an activating group) is 1. The molecule has 0 saturated heterocycles. The molecule has 72 valence electrons. The molecule has 0 bridgehead atoms. The van der Waals surface area contributed by atoms with Gasteiger partial charge < -0.3 is 5.73 Å². The van der Waals surface area contributed by atoms with Crippen molar-refractivity contribution < 1.29 is 0 Å². The van der Waals surface area contributed by atoms with Crippen LogP contribution in [-0.4, -0.2) is 23.0 Å². The summed E-state index contributed by atoms with van der Waals surface area (Å²) in [6, 6.07) is 2.28. The Morgan fingerprint density at radius 2 is 2.46 bits per heavy atom. The van der Waals surface area contributed by atoms with Crippen molar-refractivity contribution in [2.75, 3.05) is 7.05 Å². The average Bonchev–Trinajstić information content (AvgIpc) is 2.55. The molecule has 0 aromatic carbocycles.